The first kappa shape index (κ1) is 21.6. The van der Waals surface area contributed by atoms with E-state index in [0.29, 0.717) is 19.3 Å². The number of carbonyl (C=O) groups is 2. The van der Waals surface area contributed by atoms with Gasteiger partial charge in [0, 0.05) is 24.7 Å². The minimum atomic E-state index is -0.797. The van der Waals surface area contributed by atoms with Crippen molar-refractivity contribution in [3.05, 3.63) is 24.3 Å². The van der Waals surface area contributed by atoms with E-state index < -0.39 is 18.2 Å². The molecule has 3 N–H and O–H groups in total. The zero-order valence-electron chi connectivity index (χ0n) is 15.1. The van der Waals surface area contributed by atoms with Crippen molar-refractivity contribution in [3.63, 3.8) is 0 Å². The van der Waals surface area contributed by atoms with Gasteiger partial charge in [0.2, 0.25) is 0 Å². The largest absolute Gasteiger partial charge is 0.481 e. The van der Waals surface area contributed by atoms with Gasteiger partial charge in [-0.1, -0.05) is 50.5 Å². The van der Waals surface area contributed by atoms with E-state index in [1.54, 1.807) is 12.2 Å². The molecule has 0 aromatic rings. The number of hydrogen-bond acceptors (Lipinski definition) is 4. The number of aliphatic carboxylic acids is 1. The number of rotatable bonds is 12. The molecule has 0 radical (unpaired) electrons. The summed E-state index contributed by atoms with van der Waals surface area (Å²) in [6.45, 7) is 2.12. The predicted molar refractivity (Wildman–Crippen MR) is 97.1 cm³/mol. The van der Waals surface area contributed by atoms with Crippen molar-refractivity contribution in [1.82, 2.24) is 0 Å². The lowest BCUT2D eigenvalue weighted by molar-refractivity contribution is -0.137. The molecule has 0 saturated heterocycles. The number of carboxylic acid groups (broad SMARTS) is 1. The van der Waals surface area contributed by atoms with Crippen LogP contribution in [0.1, 0.15) is 64.7 Å². The normalized spacial score (nSPS) is 25.2. The molecule has 0 unspecified atom stereocenters. The first-order valence-electron chi connectivity index (χ1n) is 9.39. The summed E-state index contributed by atoms with van der Waals surface area (Å²) < 4.78 is 0. The lowest BCUT2D eigenvalue weighted by Gasteiger charge is -2.17. The Labute approximate surface area is 150 Å². The lowest BCUT2D eigenvalue weighted by atomic mass is 9.88. The van der Waals surface area contributed by atoms with Crippen molar-refractivity contribution in [1.29, 1.82) is 0 Å². The highest BCUT2D eigenvalue weighted by Gasteiger charge is 2.39. The Morgan fingerprint density at radius 3 is 2.72 bits per heavy atom. The van der Waals surface area contributed by atoms with E-state index in [1.807, 2.05) is 12.2 Å². The van der Waals surface area contributed by atoms with Crippen molar-refractivity contribution < 1.29 is 24.9 Å². The molecular weight excluding hydrogens is 320 g/mol. The summed E-state index contributed by atoms with van der Waals surface area (Å²) in [5.74, 6) is -0.990. The standard InChI is InChI=1S/C20H32O5/c1-2-3-6-10-16-17(19(23)14-18(16)22)13-12-15(21)9-7-4-5-8-11-20(24)25/h4,7,12-13,15-17,19,21,23H,2-3,5-6,8-11,14H2,1H3,(H,24,25)/b7-4-,13-12+/t15-,16-,17+,19-/m1/s1. The molecule has 4 atom stereocenters. The van der Waals surface area contributed by atoms with Gasteiger partial charge in [0.05, 0.1) is 12.2 Å². The topological polar surface area (TPSA) is 94.8 Å². The zero-order chi connectivity index (χ0) is 18.7. The molecule has 0 heterocycles. The molecular formula is C20H32O5. The number of carbonyl (C=O) groups excluding carboxylic acids is 1. The van der Waals surface area contributed by atoms with Crippen LogP contribution in [0.25, 0.3) is 0 Å². The minimum absolute atomic E-state index is 0.128. The van der Waals surface area contributed by atoms with E-state index in [1.165, 1.54) is 0 Å². The highest BCUT2D eigenvalue weighted by Crippen LogP contribution is 2.34. The van der Waals surface area contributed by atoms with Gasteiger partial charge in [0.25, 0.3) is 0 Å². The highest BCUT2D eigenvalue weighted by molar-refractivity contribution is 5.84. The molecule has 0 aliphatic heterocycles. The van der Waals surface area contributed by atoms with E-state index in [9.17, 15) is 19.8 Å². The van der Waals surface area contributed by atoms with Crippen LogP contribution >= 0.6 is 0 Å². The van der Waals surface area contributed by atoms with Gasteiger partial charge in [0.1, 0.15) is 5.78 Å². The second-order valence-corrected chi connectivity index (χ2v) is 6.86. The Hall–Kier alpha value is -1.46. The van der Waals surface area contributed by atoms with Crippen molar-refractivity contribution >= 4 is 11.8 Å². The summed E-state index contributed by atoms with van der Waals surface area (Å²) in [7, 11) is 0. The van der Waals surface area contributed by atoms with Crippen molar-refractivity contribution in [2.24, 2.45) is 11.8 Å². The van der Waals surface area contributed by atoms with E-state index in [4.69, 9.17) is 5.11 Å². The van der Waals surface area contributed by atoms with Gasteiger partial charge in [0.15, 0.2) is 0 Å². The first-order valence-corrected chi connectivity index (χ1v) is 9.39. The average molecular weight is 352 g/mol. The molecule has 0 bridgehead atoms. The van der Waals surface area contributed by atoms with Crippen LogP contribution in [-0.4, -0.2) is 39.3 Å². The number of aliphatic hydroxyl groups is 2. The maximum absolute atomic E-state index is 12.0. The van der Waals surface area contributed by atoms with Crippen LogP contribution in [0.2, 0.25) is 0 Å². The van der Waals surface area contributed by atoms with Gasteiger partial charge in [-0.2, -0.15) is 0 Å². The Kier molecular flexibility index (Phi) is 10.3. The van der Waals surface area contributed by atoms with Gasteiger partial charge in [-0.15, -0.1) is 0 Å². The fourth-order valence-electron chi connectivity index (χ4n) is 3.27. The first-order chi connectivity index (χ1) is 12.0. The Morgan fingerprint density at radius 1 is 1.28 bits per heavy atom. The number of unbranched alkanes of at least 4 members (excludes halogenated alkanes) is 3. The third kappa shape index (κ3) is 8.45. The highest BCUT2D eigenvalue weighted by atomic mass is 16.4. The molecule has 25 heavy (non-hydrogen) atoms. The van der Waals surface area contributed by atoms with Crippen LogP contribution in [0.3, 0.4) is 0 Å². The SMILES string of the molecule is CCCCC[C@H]1C(=O)C[C@@H](O)[C@H]1/C=C/[C@H](O)C/C=C\CCCC(=O)O. The molecule has 5 heteroatoms. The molecule has 1 fully saturated rings. The van der Waals surface area contributed by atoms with Crippen molar-refractivity contribution in [2.75, 3.05) is 0 Å². The van der Waals surface area contributed by atoms with Gasteiger partial charge in [-0.05, 0) is 25.7 Å². The smallest absolute Gasteiger partial charge is 0.303 e. The van der Waals surface area contributed by atoms with E-state index in [-0.39, 0.29) is 30.5 Å². The van der Waals surface area contributed by atoms with E-state index in [0.717, 1.165) is 25.7 Å². The van der Waals surface area contributed by atoms with E-state index in [2.05, 4.69) is 6.92 Å². The van der Waals surface area contributed by atoms with Crippen LogP contribution in [-0.2, 0) is 9.59 Å². The summed E-state index contributed by atoms with van der Waals surface area (Å²) in [6, 6.07) is 0. The van der Waals surface area contributed by atoms with Gasteiger partial charge >= 0.3 is 5.97 Å². The second-order valence-electron chi connectivity index (χ2n) is 6.86. The molecule has 0 aromatic carbocycles. The Morgan fingerprint density at radius 2 is 2.04 bits per heavy atom. The average Bonchev–Trinajstić information content (AvgIpc) is 2.82. The molecule has 142 valence electrons. The summed E-state index contributed by atoms with van der Waals surface area (Å²) in [4.78, 5) is 22.4. The number of ketones is 1. The molecule has 5 nitrogen and oxygen atoms in total. The predicted octanol–water partition coefficient (Wildman–Crippen LogP) is 3.25. The van der Waals surface area contributed by atoms with E-state index >= 15 is 0 Å². The van der Waals surface area contributed by atoms with Crippen molar-refractivity contribution in [3.8, 4) is 0 Å². The van der Waals surface area contributed by atoms with Crippen LogP contribution in [0.5, 0.6) is 0 Å². The molecule has 1 rings (SSSR count). The summed E-state index contributed by atoms with van der Waals surface area (Å²) >= 11 is 0. The van der Waals surface area contributed by atoms with Crippen LogP contribution in [0.4, 0.5) is 0 Å². The molecule has 1 aliphatic rings. The Balaban J connectivity index is 2.41. The fourth-order valence-corrected chi connectivity index (χ4v) is 3.27. The summed E-state index contributed by atoms with van der Waals surface area (Å²) in [5.41, 5.74) is 0. The molecule has 1 saturated carbocycles. The van der Waals surface area contributed by atoms with Crippen LogP contribution in [0, 0.1) is 11.8 Å². The third-order valence-corrected chi connectivity index (χ3v) is 4.71. The van der Waals surface area contributed by atoms with Crippen molar-refractivity contribution in [2.45, 2.75) is 76.9 Å². The Bertz CT molecular complexity index is 469. The number of Topliss-reactive ketones (excluding diaryl/α,β-unsaturated/α-hetero) is 1. The molecule has 0 aromatic heterocycles. The molecule has 0 spiro atoms. The van der Waals surface area contributed by atoms with Gasteiger partial charge < -0.3 is 15.3 Å². The van der Waals surface area contributed by atoms with Gasteiger partial charge in [-0.25, -0.2) is 0 Å². The van der Waals surface area contributed by atoms with Gasteiger partial charge in [-0.3, -0.25) is 9.59 Å². The maximum Gasteiger partial charge on any atom is 0.303 e. The number of aliphatic hydroxyl groups excluding tert-OH is 2. The number of allylic oxidation sites excluding steroid dienone is 1. The summed E-state index contributed by atoms with van der Waals surface area (Å²) in [6.07, 6.45) is 11.9. The molecule has 0 amide bonds. The fraction of sp³-hybridized carbons (Fsp3) is 0.700. The minimum Gasteiger partial charge on any atom is -0.481 e. The maximum atomic E-state index is 12.0. The third-order valence-electron chi connectivity index (χ3n) is 4.71. The van der Waals surface area contributed by atoms with Crippen LogP contribution in [0.15, 0.2) is 24.3 Å². The lowest BCUT2D eigenvalue weighted by Crippen LogP contribution is -2.19. The zero-order valence-corrected chi connectivity index (χ0v) is 15.1. The molecule has 1 aliphatic carbocycles. The van der Waals surface area contributed by atoms with Crippen LogP contribution < -0.4 is 0 Å². The summed E-state index contributed by atoms with van der Waals surface area (Å²) in [5, 5.41) is 28.7. The monoisotopic (exact) mass is 352 g/mol. The second kappa shape index (κ2) is 12.0. The number of hydrogen-bond donors (Lipinski definition) is 3. The quantitative estimate of drug-likeness (QED) is 0.370. The number of carboxylic acids is 1.